The number of carbonyl (C=O) groups is 6. The summed E-state index contributed by atoms with van der Waals surface area (Å²) in [6, 6.07) is 23.9. The Hall–Kier alpha value is -5.88. The van der Waals surface area contributed by atoms with Gasteiger partial charge in [0.1, 0.15) is 23.8 Å². The molecule has 4 N–H and O–H groups in total. The Morgan fingerprint density at radius 3 is 2.16 bits per heavy atom. The van der Waals surface area contributed by atoms with E-state index in [9.17, 15) is 24.0 Å². The van der Waals surface area contributed by atoms with Crippen LogP contribution in [-0.4, -0.2) is 149 Å². The normalized spacial score (nSPS) is 14.5. The quantitative estimate of drug-likeness (QED) is 0.0627. The molecule has 68 heavy (non-hydrogen) atoms. The lowest BCUT2D eigenvalue weighted by Crippen LogP contribution is -2.69. The predicted molar refractivity (Wildman–Crippen MR) is 257 cm³/mol. The molecule has 3 aromatic carbocycles. The number of benzene rings is 3. The SMILES string of the molecule is CCCCCC(=O)NC(Cc1ccccc1-c1ccccc1)(C(=O)NC(Cc1ccccc1)C(=O)NC(=O)N1CCOCC1)C(CNC(=O)OC(C)(C)C)COC(=O)COCCOCCN(C)C. The lowest BCUT2D eigenvalue weighted by Gasteiger charge is -2.41. The zero-order chi connectivity index (χ0) is 49.4. The highest BCUT2D eigenvalue weighted by Crippen LogP contribution is 2.32. The van der Waals surface area contributed by atoms with Crippen LogP contribution in [0.1, 0.15) is 64.5 Å². The monoisotopic (exact) mass is 945 g/mol. The van der Waals surface area contributed by atoms with Crippen molar-refractivity contribution in [2.45, 2.75) is 83.4 Å². The minimum absolute atomic E-state index is 0.0397. The average molecular weight is 945 g/mol. The number of nitrogens with zero attached hydrogens (tertiary/aromatic N) is 2. The van der Waals surface area contributed by atoms with Gasteiger partial charge in [-0.2, -0.15) is 0 Å². The van der Waals surface area contributed by atoms with Crippen LogP contribution in [-0.2, 0) is 55.7 Å². The third-order valence-corrected chi connectivity index (χ3v) is 11.1. The lowest BCUT2D eigenvalue weighted by molar-refractivity contribution is -0.153. The number of likely N-dealkylation sites (N-methyl/N-ethyl adjacent to an activating group) is 1. The molecule has 1 aliphatic heterocycles. The highest BCUT2D eigenvalue weighted by molar-refractivity contribution is 6.01. The maximum absolute atomic E-state index is 15.8. The zero-order valence-electron chi connectivity index (χ0n) is 40.6. The standard InChI is InChI=1S/C51H72N6O11/c1-7-8-11-24-44(58)55-51(34-40-22-16-17-23-42(40)39-20-14-10-15-21-39,41(35-52-49(63)68-50(2,3)4)36-67-45(59)37-66-32-31-65-28-25-56(5)6)47(61)53-43(33-38-18-12-9-13-19-38)46(60)54-48(62)57-26-29-64-30-27-57/h9-10,12-23,41,43H,7-8,11,24-37H2,1-6H3,(H,52,63)(H,53,61)(H,55,58)(H,54,60,62). The van der Waals surface area contributed by atoms with Crippen molar-refractivity contribution in [3.05, 3.63) is 96.1 Å². The van der Waals surface area contributed by atoms with Crippen molar-refractivity contribution >= 4 is 35.8 Å². The number of carbonyl (C=O) groups excluding carboxylic acids is 6. The summed E-state index contributed by atoms with van der Waals surface area (Å²) in [5, 5.41) is 11.3. The van der Waals surface area contributed by atoms with Gasteiger partial charge in [0.25, 0.3) is 5.91 Å². The van der Waals surface area contributed by atoms with Gasteiger partial charge >= 0.3 is 18.1 Å². The fraction of sp³-hybridized carbons (Fsp3) is 0.529. The van der Waals surface area contributed by atoms with Crippen LogP contribution in [0.15, 0.2) is 84.9 Å². The molecule has 0 spiro atoms. The van der Waals surface area contributed by atoms with Gasteiger partial charge in [-0.25, -0.2) is 14.4 Å². The Bertz CT molecular complexity index is 2040. The first-order valence-corrected chi connectivity index (χ1v) is 23.5. The number of ether oxygens (including phenoxy) is 5. The highest BCUT2D eigenvalue weighted by Gasteiger charge is 2.49. The van der Waals surface area contributed by atoms with Crippen LogP contribution in [0.3, 0.4) is 0 Å². The molecule has 17 nitrogen and oxygen atoms in total. The number of hydrogen-bond acceptors (Lipinski definition) is 12. The van der Waals surface area contributed by atoms with Gasteiger partial charge in [-0.1, -0.05) is 105 Å². The minimum Gasteiger partial charge on any atom is -0.464 e. The van der Waals surface area contributed by atoms with Crippen molar-refractivity contribution in [3.63, 3.8) is 0 Å². The predicted octanol–water partition coefficient (Wildman–Crippen LogP) is 4.91. The van der Waals surface area contributed by atoms with Crippen LogP contribution < -0.4 is 21.3 Å². The molecule has 1 saturated heterocycles. The first-order valence-electron chi connectivity index (χ1n) is 23.5. The summed E-state index contributed by atoms with van der Waals surface area (Å²) in [5.41, 5.74) is -0.0680. The lowest BCUT2D eigenvalue weighted by atomic mass is 9.76. The van der Waals surface area contributed by atoms with Crippen LogP contribution in [0.25, 0.3) is 11.1 Å². The highest BCUT2D eigenvalue weighted by atomic mass is 16.6. The second-order valence-corrected chi connectivity index (χ2v) is 18.0. The van der Waals surface area contributed by atoms with E-state index in [1.165, 1.54) is 4.90 Å². The van der Waals surface area contributed by atoms with E-state index >= 15 is 4.79 Å². The number of morpholine rings is 1. The number of nitrogens with one attached hydrogen (secondary N) is 4. The first kappa shape index (κ1) is 54.7. The molecule has 6 amide bonds. The zero-order valence-corrected chi connectivity index (χ0v) is 40.6. The Labute approximate surface area is 401 Å². The van der Waals surface area contributed by atoms with Crippen molar-refractivity contribution in [1.82, 2.24) is 31.1 Å². The van der Waals surface area contributed by atoms with Crippen LogP contribution in [0.5, 0.6) is 0 Å². The third-order valence-electron chi connectivity index (χ3n) is 11.1. The smallest absolute Gasteiger partial charge is 0.407 e. The van der Waals surface area contributed by atoms with E-state index in [1.807, 2.05) is 86.6 Å². The fourth-order valence-electron chi connectivity index (χ4n) is 7.47. The Balaban J connectivity index is 1.84. The van der Waals surface area contributed by atoms with Crippen molar-refractivity contribution in [3.8, 4) is 11.1 Å². The summed E-state index contributed by atoms with van der Waals surface area (Å²) in [7, 11) is 3.86. The minimum atomic E-state index is -2.05. The van der Waals surface area contributed by atoms with E-state index in [0.717, 1.165) is 24.0 Å². The topological polar surface area (TPSA) is 203 Å². The van der Waals surface area contributed by atoms with E-state index < -0.39 is 72.1 Å². The summed E-state index contributed by atoms with van der Waals surface area (Å²) in [5.74, 6) is -4.07. The van der Waals surface area contributed by atoms with E-state index in [-0.39, 0.29) is 52.1 Å². The number of rotatable bonds is 26. The number of alkyl carbamates (subject to hydrolysis) is 1. The molecular weight excluding hydrogens is 873 g/mol. The van der Waals surface area contributed by atoms with Crippen molar-refractivity contribution in [2.75, 3.05) is 86.5 Å². The molecule has 4 rings (SSSR count). The molecular formula is C51H72N6O11. The summed E-state index contributed by atoms with van der Waals surface area (Å²) < 4.78 is 28.0. The van der Waals surface area contributed by atoms with Gasteiger partial charge in [0.15, 0.2) is 0 Å². The van der Waals surface area contributed by atoms with Crippen molar-refractivity contribution in [1.29, 1.82) is 0 Å². The molecule has 3 aromatic rings. The number of imide groups is 1. The molecule has 17 heteroatoms. The van der Waals surface area contributed by atoms with E-state index in [4.69, 9.17) is 23.7 Å². The number of urea groups is 1. The van der Waals surface area contributed by atoms with Crippen LogP contribution in [0, 0.1) is 5.92 Å². The maximum atomic E-state index is 15.8. The second kappa shape index (κ2) is 28.4. The van der Waals surface area contributed by atoms with E-state index in [1.54, 1.807) is 45.0 Å². The van der Waals surface area contributed by atoms with Crippen molar-refractivity contribution < 1.29 is 52.5 Å². The van der Waals surface area contributed by atoms with Crippen LogP contribution >= 0.6 is 0 Å². The molecule has 0 aromatic heterocycles. The summed E-state index contributed by atoms with van der Waals surface area (Å²) >= 11 is 0. The fourth-order valence-corrected chi connectivity index (χ4v) is 7.47. The maximum Gasteiger partial charge on any atom is 0.407 e. The molecule has 0 aliphatic carbocycles. The van der Waals surface area contributed by atoms with Gasteiger partial charge in [0.05, 0.1) is 39.6 Å². The second-order valence-electron chi connectivity index (χ2n) is 18.0. The molecule has 1 aliphatic rings. The Kier molecular flexibility index (Phi) is 22.9. The van der Waals surface area contributed by atoms with E-state index in [0.29, 0.717) is 43.9 Å². The molecule has 0 radical (unpaired) electrons. The molecule has 1 heterocycles. The van der Waals surface area contributed by atoms with Crippen molar-refractivity contribution in [2.24, 2.45) is 5.92 Å². The van der Waals surface area contributed by atoms with Crippen LogP contribution in [0.4, 0.5) is 9.59 Å². The molecule has 3 unspecified atom stereocenters. The number of amides is 6. The number of esters is 1. The van der Waals surface area contributed by atoms with Gasteiger partial charge in [-0.15, -0.1) is 0 Å². The molecule has 0 bridgehead atoms. The van der Waals surface area contributed by atoms with Gasteiger partial charge < -0.3 is 49.4 Å². The van der Waals surface area contributed by atoms with Gasteiger partial charge in [-0.05, 0) is 63.5 Å². The first-order chi connectivity index (χ1) is 32.6. The Morgan fingerprint density at radius 2 is 1.49 bits per heavy atom. The largest absolute Gasteiger partial charge is 0.464 e. The Morgan fingerprint density at radius 1 is 0.824 bits per heavy atom. The molecule has 3 atom stereocenters. The summed E-state index contributed by atoms with van der Waals surface area (Å²) in [6.07, 6.45) is 1.06. The summed E-state index contributed by atoms with van der Waals surface area (Å²) in [6.45, 7) is 8.52. The van der Waals surface area contributed by atoms with Crippen LogP contribution in [0.2, 0.25) is 0 Å². The number of hydrogen-bond donors (Lipinski definition) is 4. The van der Waals surface area contributed by atoms with E-state index in [2.05, 4.69) is 21.3 Å². The average Bonchev–Trinajstić information content (AvgIpc) is 3.31. The molecule has 1 fully saturated rings. The third kappa shape index (κ3) is 19.0. The molecule has 0 saturated carbocycles. The summed E-state index contributed by atoms with van der Waals surface area (Å²) in [4.78, 5) is 88.3. The van der Waals surface area contributed by atoms with Gasteiger partial charge in [0.2, 0.25) is 11.8 Å². The van der Waals surface area contributed by atoms with Gasteiger partial charge in [-0.3, -0.25) is 19.7 Å². The van der Waals surface area contributed by atoms with Gasteiger partial charge in [0, 0.05) is 51.4 Å². The number of unbranched alkanes of at least 4 members (excludes halogenated alkanes) is 2. The molecule has 372 valence electrons.